The van der Waals surface area contributed by atoms with E-state index in [4.69, 9.17) is 5.73 Å². The highest BCUT2D eigenvalue weighted by Crippen LogP contribution is 2.07. The number of nitrogens with one attached hydrogen (secondary N) is 1. The predicted octanol–water partition coefficient (Wildman–Crippen LogP) is 0.817. The molecule has 90 valence electrons. The molecule has 0 aromatic carbocycles. The lowest BCUT2D eigenvalue weighted by atomic mass is 10.1. The topological polar surface area (TPSA) is 72.9 Å². The molecule has 0 saturated heterocycles. The third-order valence-corrected chi connectivity index (χ3v) is 2.53. The van der Waals surface area contributed by atoms with Gasteiger partial charge in [0.05, 0.1) is 11.7 Å². The van der Waals surface area contributed by atoms with Crippen molar-refractivity contribution in [2.75, 3.05) is 0 Å². The van der Waals surface area contributed by atoms with E-state index in [1.165, 1.54) is 0 Å². The molecule has 0 bridgehead atoms. The number of carbonyl (C=O) groups excluding carboxylic acids is 1. The summed E-state index contributed by atoms with van der Waals surface area (Å²) in [4.78, 5) is 11.1. The maximum Gasteiger partial charge on any atom is 0.237 e. The summed E-state index contributed by atoms with van der Waals surface area (Å²) in [6.45, 7) is 8.25. The molecule has 0 atom stereocenters. The summed E-state index contributed by atoms with van der Waals surface area (Å²) in [7, 11) is 0. The molecule has 0 aliphatic heterocycles. The highest BCUT2D eigenvalue weighted by molar-refractivity contribution is 5.83. The van der Waals surface area contributed by atoms with Crippen molar-refractivity contribution in [1.29, 1.82) is 0 Å². The number of aromatic nitrogens is 2. The minimum absolute atomic E-state index is 0.345. The van der Waals surface area contributed by atoms with Crippen LogP contribution in [0.15, 0.2) is 12.4 Å². The standard InChI is InChI=1S/C11H20N4O/c1-8(2)15-7-9(6-14-15)5-13-11(3,4)10(12)16/h6-8,13H,5H2,1-4H3,(H2,12,16). The zero-order valence-corrected chi connectivity index (χ0v) is 10.3. The Morgan fingerprint density at radius 2 is 2.25 bits per heavy atom. The zero-order valence-electron chi connectivity index (χ0n) is 10.3. The van der Waals surface area contributed by atoms with E-state index in [1.807, 2.05) is 10.9 Å². The summed E-state index contributed by atoms with van der Waals surface area (Å²) in [6, 6.07) is 0.345. The van der Waals surface area contributed by atoms with Gasteiger partial charge in [0.1, 0.15) is 0 Å². The third kappa shape index (κ3) is 3.06. The largest absolute Gasteiger partial charge is 0.368 e. The highest BCUT2D eigenvalue weighted by atomic mass is 16.1. The summed E-state index contributed by atoms with van der Waals surface area (Å²) in [5.41, 5.74) is 5.62. The van der Waals surface area contributed by atoms with Crippen molar-refractivity contribution in [3.63, 3.8) is 0 Å². The van der Waals surface area contributed by atoms with E-state index in [-0.39, 0.29) is 5.91 Å². The summed E-state index contributed by atoms with van der Waals surface area (Å²) in [5.74, 6) is -0.358. The van der Waals surface area contributed by atoms with Gasteiger partial charge in [-0.05, 0) is 27.7 Å². The Kier molecular flexibility index (Phi) is 3.70. The Balaban J connectivity index is 2.58. The van der Waals surface area contributed by atoms with Gasteiger partial charge in [-0.2, -0.15) is 5.10 Å². The van der Waals surface area contributed by atoms with Gasteiger partial charge < -0.3 is 5.73 Å². The first-order valence-corrected chi connectivity index (χ1v) is 5.41. The Hall–Kier alpha value is -1.36. The van der Waals surface area contributed by atoms with Gasteiger partial charge in [-0.25, -0.2) is 0 Å². The lowest BCUT2D eigenvalue weighted by Crippen LogP contribution is -2.50. The fourth-order valence-electron chi connectivity index (χ4n) is 1.16. The normalized spacial score (nSPS) is 12.1. The van der Waals surface area contributed by atoms with Crippen molar-refractivity contribution in [2.24, 2.45) is 5.73 Å². The van der Waals surface area contributed by atoms with Crippen LogP contribution in [0.2, 0.25) is 0 Å². The van der Waals surface area contributed by atoms with Gasteiger partial charge in [0.15, 0.2) is 0 Å². The van der Waals surface area contributed by atoms with Gasteiger partial charge in [-0.15, -0.1) is 0 Å². The quantitative estimate of drug-likeness (QED) is 0.777. The van der Waals surface area contributed by atoms with Crippen LogP contribution in [0.4, 0.5) is 0 Å². The number of rotatable bonds is 5. The average molecular weight is 224 g/mol. The molecule has 0 unspecified atom stereocenters. The lowest BCUT2D eigenvalue weighted by Gasteiger charge is -2.21. The molecule has 1 amide bonds. The Bertz CT molecular complexity index is 368. The van der Waals surface area contributed by atoms with Gasteiger partial charge >= 0.3 is 0 Å². The molecule has 3 N–H and O–H groups in total. The van der Waals surface area contributed by atoms with Crippen LogP contribution in [0, 0.1) is 0 Å². The van der Waals surface area contributed by atoms with Crippen molar-refractivity contribution >= 4 is 5.91 Å². The monoisotopic (exact) mass is 224 g/mol. The van der Waals surface area contributed by atoms with Crippen LogP contribution < -0.4 is 11.1 Å². The molecular formula is C11H20N4O. The predicted molar refractivity (Wildman–Crippen MR) is 62.7 cm³/mol. The van der Waals surface area contributed by atoms with Crippen molar-refractivity contribution < 1.29 is 4.79 Å². The number of amides is 1. The van der Waals surface area contributed by atoms with E-state index in [0.29, 0.717) is 12.6 Å². The van der Waals surface area contributed by atoms with Crippen LogP contribution in [0.1, 0.15) is 39.3 Å². The van der Waals surface area contributed by atoms with Crippen molar-refractivity contribution in [2.45, 2.75) is 45.8 Å². The van der Waals surface area contributed by atoms with E-state index < -0.39 is 5.54 Å². The fraction of sp³-hybridized carbons (Fsp3) is 0.636. The van der Waals surface area contributed by atoms with E-state index in [9.17, 15) is 4.79 Å². The maximum atomic E-state index is 11.1. The van der Waals surface area contributed by atoms with Crippen LogP contribution in [-0.2, 0) is 11.3 Å². The summed E-state index contributed by atoms with van der Waals surface area (Å²) in [6.07, 6.45) is 3.76. The van der Waals surface area contributed by atoms with Crippen LogP contribution >= 0.6 is 0 Å². The van der Waals surface area contributed by atoms with Crippen molar-refractivity contribution in [3.05, 3.63) is 18.0 Å². The summed E-state index contributed by atoms with van der Waals surface area (Å²) in [5, 5.41) is 7.32. The van der Waals surface area contributed by atoms with Gasteiger partial charge in [0, 0.05) is 24.3 Å². The SMILES string of the molecule is CC(C)n1cc(CNC(C)(C)C(N)=O)cn1. The molecule has 0 radical (unpaired) electrons. The van der Waals surface area contributed by atoms with Gasteiger partial charge in [-0.1, -0.05) is 0 Å². The lowest BCUT2D eigenvalue weighted by molar-refractivity contribution is -0.123. The molecule has 0 aliphatic carbocycles. The molecule has 0 aliphatic rings. The molecule has 0 spiro atoms. The van der Waals surface area contributed by atoms with Crippen LogP contribution in [0.5, 0.6) is 0 Å². The number of hydrogen-bond donors (Lipinski definition) is 2. The second-order valence-electron chi connectivity index (χ2n) is 4.77. The van der Waals surface area contributed by atoms with Crippen LogP contribution in [-0.4, -0.2) is 21.2 Å². The third-order valence-electron chi connectivity index (χ3n) is 2.53. The first-order valence-electron chi connectivity index (χ1n) is 5.41. The minimum atomic E-state index is -0.695. The highest BCUT2D eigenvalue weighted by Gasteiger charge is 2.23. The van der Waals surface area contributed by atoms with Gasteiger partial charge in [0.2, 0.25) is 5.91 Å². The van der Waals surface area contributed by atoms with Crippen LogP contribution in [0.25, 0.3) is 0 Å². The van der Waals surface area contributed by atoms with Crippen LogP contribution in [0.3, 0.4) is 0 Å². The fourth-order valence-corrected chi connectivity index (χ4v) is 1.16. The molecule has 1 rings (SSSR count). The van der Waals surface area contributed by atoms with Gasteiger partial charge in [0.25, 0.3) is 0 Å². The molecule has 5 heteroatoms. The van der Waals surface area contributed by atoms with E-state index in [1.54, 1.807) is 20.0 Å². The first-order chi connectivity index (χ1) is 7.33. The first kappa shape index (κ1) is 12.7. The Morgan fingerprint density at radius 1 is 1.62 bits per heavy atom. The molecule has 0 saturated carbocycles. The molecule has 1 aromatic heterocycles. The molecule has 16 heavy (non-hydrogen) atoms. The minimum Gasteiger partial charge on any atom is -0.368 e. The van der Waals surface area contributed by atoms with E-state index in [0.717, 1.165) is 5.56 Å². The zero-order chi connectivity index (χ0) is 12.3. The van der Waals surface area contributed by atoms with Gasteiger partial charge in [-0.3, -0.25) is 14.8 Å². The molecule has 1 heterocycles. The molecular weight excluding hydrogens is 204 g/mol. The van der Waals surface area contributed by atoms with Crippen molar-refractivity contribution in [3.8, 4) is 0 Å². The second kappa shape index (κ2) is 4.65. The van der Waals surface area contributed by atoms with Crippen molar-refractivity contribution in [1.82, 2.24) is 15.1 Å². The summed E-state index contributed by atoms with van der Waals surface area (Å²) >= 11 is 0. The maximum absolute atomic E-state index is 11.1. The smallest absolute Gasteiger partial charge is 0.237 e. The number of nitrogens with zero attached hydrogens (tertiary/aromatic N) is 2. The molecule has 5 nitrogen and oxygen atoms in total. The second-order valence-corrected chi connectivity index (χ2v) is 4.77. The Morgan fingerprint density at radius 3 is 2.69 bits per heavy atom. The average Bonchev–Trinajstić information content (AvgIpc) is 2.63. The Labute approximate surface area is 96.0 Å². The number of nitrogens with two attached hydrogens (primary N) is 1. The number of hydrogen-bond acceptors (Lipinski definition) is 3. The van der Waals surface area contributed by atoms with E-state index in [2.05, 4.69) is 24.3 Å². The summed E-state index contributed by atoms with van der Waals surface area (Å²) < 4.78 is 1.88. The number of carbonyl (C=O) groups is 1. The van der Waals surface area contributed by atoms with E-state index >= 15 is 0 Å². The molecule has 1 aromatic rings. The molecule has 0 fully saturated rings. The number of primary amides is 1.